The molecule has 0 radical (unpaired) electrons. The van der Waals surface area contributed by atoms with Crippen molar-refractivity contribution in [3.63, 3.8) is 0 Å². The highest BCUT2D eigenvalue weighted by Gasteiger charge is 2.39. The SMILES string of the molecule is CC(=O)Nc1ccc(NC(=O)CS(=O)(=O)c2ccc(S(=O)C(F)(F)F)cc2[N+](=O)[O-])cc1. The van der Waals surface area contributed by atoms with Gasteiger partial charge in [0.05, 0.1) is 9.82 Å². The second-order valence-electron chi connectivity index (χ2n) is 6.17. The van der Waals surface area contributed by atoms with E-state index in [4.69, 9.17) is 0 Å². The molecule has 1 unspecified atom stereocenters. The van der Waals surface area contributed by atoms with Crippen LogP contribution in [0, 0.1) is 10.1 Å². The van der Waals surface area contributed by atoms with Gasteiger partial charge in [0.2, 0.25) is 11.8 Å². The van der Waals surface area contributed by atoms with Crippen molar-refractivity contribution < 1.29 is 40.3 Å². The first-order chi connectivity index (χ1) is 14.7. The predicted molar refractivity (Wildman–Crippen MR) is 107 cm³/mol. The Morgan fingerprint density at radius 1 is 1.06 bits per heavy atom. The van der Waals surface area contributed by atoms with Gasteiger partial charge in [-0.15, -0.1) is 0 Å². The number of nitro benzene ring substituents is 1. The molecule has 2 aromatic rings. The zero-order valence-electron chi connectivity index (χ0n) is 16.0. The fourth-order valence-electron chi connectivity index (χ4n) is 2.44. The summed E-state index contributed by atoms with van der Waals surface area (Å²) in [6, 6.07) is 6.85. The first-order valence-electron chi connectivity index (χ1n) is 8.38. The number of rotatable bonds is 7. The molecular weight excluding hydrogens is 479 g/mol. The van der Waals surface area contributed by atoms with Crippen LogP contribution >= 0.6 is 0 Å². The summed E-state index contributed by atoms with van der Waals surface area (Å²) in [5.41, 5.74) is -5.88. The molecule has 0 spiro atoms. The molecule has 2 aromatic carbocycles. The molecule has 0 aliphatic rings. The van der Waals surface area contributed by atoms with Crippen molar-refractivity contribution in [3.8, 4) is 0 Å². The minimum absolute atomic E-state index is 0.157. The van der Waals surface area contributed by atoms with E-state index in [0.717, 1.165) is 0 Å². The maximum absolute atomic E-state index is 12.6. The van der Waals surface area contributed by atoms with Crippen LogP contribution in [0.4, 0.5) is 30.2 Å². The molecule has 0 aliphatic carbocycles. The predicted octanol–water partition coefficient (Wildman–Crippen LogP) is 2.59. The van der Waals surface area contributed by atoms with Crippen LogP contribution in [0.25, 0.3) is 0 Å². The largest absolute Gasteiger partial charge is 0.475 e. The fraction of sp³-hybridized carbons (Fsp3) is 0.176. The summed E-state index contributed by atoms with van der Waals surface area (Å²) < 4.78 is 74.2. The van der Waals surface area contributed by atoms with E-state index in [2.05, 4.69) is 10.6 Å². The zero-order chi connectivity index (χ0) is 24.3. The van der Waals surface area contributed by atoms with Gasteiger partial charge < -0.3 is 10.6 Å². The van der Waals surface area contributed by atoms with Crippen molar-refractivity contribution in [2.45, 2.75) is 22.2 Å². The van der Waals surface area contributed by atoms with Gasteiger partial charge in [0.15, 0.2) is 20.6 Å². The molecule has 0 aliphatic heterocycles. The normalized spacial score (nSPS) is 12.6. The van der Waals surface area contributed by atoms with Gasteiger partial charge in [-0.3, -0.25) is 19.7 Å². The second kappa shape index (κ2) is 9.44. The average molecular weight is 493 g/mol. The number of alkyl halides is 3. The van der Waals surface area contributed by atoms with Gasteiger partial charge in [0.1, 0.15) is 10.6 Å². The third-order valence-electron chi connectivity index (χ3n) is 3.70. The van der Waals surface area contributed by atoms with Crippen LogP contribution in [-0.4, -0.2) is 40.6 Å². The number of hydrogen-bond acceptors (Lipinski definition) is 7. The van der Waals surface area contributed by atoms with E-state index < -0.39 is 58.2 Å². The van der Waals surface area contributed by atoms with Gasteiger partial charge in [0, 0.05) is 24.4 Å². The van der Waals surface area contributed by atoms with Crippen molar-refractivity contribution in [2.75, 3.05) is 16.4 Å². The molecule has 2 amide bonds. The lowest BCUT2D eigenvalue weighted by Gasteiger charge is -2.10. The Balaban J connectivity index is 2.25. The highest BCUT2D eigenvalue weighted by molar-refractivity contribution is 7.92. The zero-order valence-corrected chi connectivity index (χ0v) is 17.6. The monoisotopic (exact) mass is 493 g/mol. The Morgan fingerprint density at radius 2 is 1.59 bits per heavy atom. The van der Waals surface area contributed by atoms with Crippen LogP contribution in [0.3, 0.4) is 0 Å². The van der Waals surface area contributed by atoms with Gasteiger partial charge in [0.25, 0.3) is 5.69 Å². The molecule has 1 atom stereocenters. The molecule has 172 valence electrons. The number of amides is 2. The van der Waals surface area contributed by atoms with Crippen molar-refractivity contribution in [1.82, 2.24) is 0 Å². The van der Waals surface area contributed by atoms with E-state index in [1.807, 2.05) is 0 Å². The molecular formula is C17H14F3N3O7S2. The molecule has 2 N–H and O–H groups in total. The van der Waals surface area contributed by atoms with Gasteiger partial charge in [-0.25, -0.2) is 12.6 Å². The van der Waals surface area contributed by atoms with Crippen LogP contribution < -0.4 is 10.6 Å². The topological polar surface area (TPSA) is 153 Å². The highest BCUT2D eigenvalue weighted by Crippen LogP contribution is 2.32. The van der Waals surface area contributed by atoms with Crippen molar-refractivity contribution in [2.24, 2.45) is 0 Å². The van der Waals surface area contributed by atoms with Crippen LogP contribution in [0.15, 0.2) is 52.3 Å². The minimum Gasteiger partial charge on any atom is -0.326 e. The molecule has 2 rings (SSSR count). The van der Waals surface area contributed by atoms with Crippen LogP contribution in [0.2, 0.25) is 0 Å². The number of nitrogens with zero attached hydrogens (tertiary/aromatic N) is 1. The molecule has 10 nitrogen and oxygen atoms in total. The molecule has 15 heteroatoms. The number of benzene rings is 2. The molecule has 0 bridgehead atoms. The molecule has 0 heterocycles. The number of carbonyl (C=O) groups is 2. The summed E-state index contributed by atoms with van der Waals surface area (Å²) in [5.74, 6) is -2.66. The first kappa shape index (κ1) is 24.9. The van der Waals surface area contributed by atoms with Gasteiger partial charge in [-0.05, 0) is 36.4 Å². The van der Waals surface area contributed by atoms with Gasteiger partial charge in [-0.2, -0.15) is 13.2 Å². The van der Waals surface area contributed by atoms with Crippen LogP contribution in [0.1, 0.15) is 6.92 Å². The minimum atomic E-state index is -5.20. The van der Waals surface area contributed by atoms with Crippen LogP contribution in [-0.2, 0) is 30.2 Å². The van der Waals surface area contributed by atoms with Crippen molar-refractivity contribution in [3.05, 3.63) is 52.6 Å². The van der Waals surface area contributed by atoms with Crippen molar-refractivity contribution >= 4 is 49.5 Å². The van der Waals surface area contributed by atoms with Crippen molar-refractivity contribution in [1.29, 1.82) is 0 Å². The van der Waals surface area contributed by atoms with E-state index in [9.17, 15) is 45.5 Å². The lowest BCUT2D eigenvalue weighted by molar-refractivity contribution is -0.388. The summed E-state index contributed by atoms with van der Waals surface area (Å²) in [6.07, 6.45) is 0. The average Bonchev–Trinajstić information content (AvgIpc) is 2.66. The Hall–Kier alpha value is -3.33. The van der Waals surface area contributed by atoms with E-state index >= 15 is 0 Å². The first-order valence-corrected chi connectivity index (χ1v) is 11.2. The van der Waals surface area contributed by atoms with E-state index in [0.29, 0.717) is 17.8 Å². The maximum atomic E-state index is 12.6. The third-order valence-corrected chi connectivity index (χ3v) is 6.46. The number of anilines is 2. The van der Waals surface area contributed by atoms with Crippen LogP contribution in [0.5, 0.6) is 0 Å². The lowest BCUT2D eigenvalue weighted by atomic mass is 10.3. The third kappa shape index (κ3) is 6.34. The smallest absolute Gasteiger partial charge is 0.326 e. The number of carbonyl (C=O) groups excluding carboxylic acids is 2. The van der Waals surface area contributed by atoms with E-state index in [1.165, 1.54) is 31.2 Å². The Kier molecular flexibility index (Phi) is 7.35. The summed E-state index contributed by atoms with van der Waals surface area (Å²) in [4.78, 5) is 31.1. The number of sulfone groups is 1. The number of nitrogens with one attached hydrogen (secondary N) is 2. The highest BCUT2D eigenvalue weighted by atomic mass is 32.2. The number of hydrogen-bond donors (Lipinski definition) is 2. The summed E-state index contributed by atoms with van der Waals surface area (Å²) in [6.45, 7) is 1.28. The van der Waals surface area contributed by atoms with Gasteiger partial charge >= 0.3 is 5.51 Å². The summed E-state index contributed by atoms with van der Waals surface area (Å²) in [7, 11) is -8.26. The second-order valence-corrected chi connectivity index (χ2v) is 9.60. The fourth-order valence-corrected chi connectivity index (χ4v) is 4.42. The summed E-state index contributed by atoms with van der Waals surface area (Å²) in [5, 5.41) is 15.9. The quantitative estimate of drug-likeness (QED) is 0.444. The standard InChI is InChI=1S/C17H14F3N3O7S2/c1-10(24)21-11-2-4-12(5-3-11)22-16(25)9-32(29,30)15-7-6-13(8-14(15)23(26)27)31(28)17(18,19)20/h2-8H,9H2,1H3,(H,21,24)(H,22,25). The van der Waals surface area contributed by atoms with E-state index in [-0.39, 0.29) is 17.7 Å². The number of halogens is 3. The maximum Gasteiger partial charge on any atom is 0.475 e. The molecule has 0 aromatic heterocycles. The molecule has 0 saturated heterocycles. The Labute approximate surface area is 181 Å². The Bertz CT molecular complexity index is 1200. The van der Waals surface area contributed by atoms with Gasteiger partial charge in [-0.1, -0.05) is 0 Å². The number of nitro groups is 1. The lowest BCUT2D eigenvalue weighted by Crippen LogP contribution is -2.24. The molecule has 0 fully saturated rings. The molecule has 0 saturated carbocycles. The Morgan fingerprint density at radius 3 is 2.06 bits per heavy atom. The molecule has 32 heavy (non-hydrogen) atoms. The summed E-state index contributed by atoms with van der Waals surface area (Å²) >= 11 is 0. The van der Waals surface area contributed by atoms with E-state index in [1.54, 1.807) is 0 Å².